The molecule has 21 heavy (non-hydrogen) atoms. The highest BCUT2D eigenvalue weighted by Crippen LogP contribution is 2.23. The lowest BCUT2D eigenvalue weighted by atomic mass is 9.98. The monoisotopic (exact) mass is 320 g/mol. The van der Waals surface area contributed by atoms with Crippen molar-refractivity contribution in [3.05, 3.63) is 69.2 Å². The average molecular weight is 321 g/mol. The molecular formula is C18H18Cl2O. The number of ketones is 1. The summed E-state index contributed by atoms with van der Waals surface area (Å²) in [6.07, 6.45) is 0.821. The third-order valence-corrected chi connectivity index (χ3v) is 4.17. The quantitative estimate of drug-likeness (QED) is 0.713. The maximum absolute atomic E-state index is 12.1. The fourth-order valence-electron chi connectivity index (χ4n) is 2.19. The van der Waals surface area contributed by atoms with Gasteiger partial charge in [-0.1, -0.05) is 67.4 Å². The van der Waals surface area contributed by atoms with Crippen molar-refractivity contribution in [3.8, 4) is 0 Å². The summed E-state index contributed by atoms with van der Waals surface area (Å²) in [7, 11) is 0. The predicted octanol–water partition coefficient (Wildman–Crippen LogP) is 5.47. The molecule has 0 radical (unpaired) electrons. The van der Waals surface area contributed by atoms with E-state index in [2.05, 4.69) is 26.0 Å². The number of benzene rings is 2. The van der Waals surface area contributed by atoms with Gasteiger partial charge in [-0.3, -0.25) is 4.79 Å². The second-order valence-electron chi connectivity index (χ2n) is 5.54. The van der Waals surface area contributed by atoms with E-state index in [0.29, 0.717) is 28.8 Å². The normalized spacial score (nSPS) is 10.9. The van der Waals surface area contributed by atoms with Crippen LogP contribution in [-0.2, 0) is 17.6 Å². The molecule has 0 fully saturated rings. The molecule has 2 aromatic rings. The fourth-order valence-corrected chi connectivity index (χ4v) is 2.51. The molecule has 0 saturated carbocycles. The molecule has 0 aromatic heterocycles. The van der Waals surface area contributed by atoms with E-state index in [1.54, 1.807) is 12.1 Å². The molecule has 0 aliphatic rings. The van der Waals surface area contributed by atoms with Crippen LogP contribution in [-0.4, -0.2) is 5.78 Å². The van der Waals surface area contributed by atoms with Crippen molar-refractivity contribution in [1.29, 1.82) is 0 Å². The molecular weight excluding hydrogens is 303 g/mol. The maximum Gasteiger partial charge on any atom is 0.141 e. The van der Waals surface area contributed by atoms with Crippen LogP contribution in [0.3, 0.4) is 0 Å². The molecule has 0 saturated heterocycles. The standard InChI is InChI=1S/C18H18Cl2O/c1-12(2)15-6-3-13(4-7-15)9-16(21)10-14-5-8-17(19)18(20)11-14/h3-8,11-12H,9-10H2,1-2H3. The molecule has 2 aromatic carbocycles. The topological polar surface area (TPSA) is 17.1 Å². The first-order valence-corrected chi connectivity index (χ1v) is 7.76. The van der Waals surface area contributed by atoms with Crippen LogP contribution >= 0.6 is 23.2 Å². The Labute approximate surface area is 135 Å². The van der Waals surface area contributed by atoms with Crippen LogP contribution in [0.2, 0.25) is 10.0 Å². The van der Waals surface area contributed by atoms with Gasteiger partial charge in [0, 0.05) is 12.8 Å². The van der Waals surface area contributed by atoms with E-state index in [1.807, 2.05) is 18.2 Å². The summed E-state index contributed by atoms with van der Waals surface area (Å²) in [4.78, 5) is 12.1. The molecule has 0 aliphatic heterocycles. The van der Waals surface area contributed by atoms with Crippen molar-refractivity contribution >= 4 is 29.0 Å². The molecule has 2 rings (SSSR count). The van der Waals surface area contributed by atoms with Crippen LogP contribution in [0.25, 0.3) is 0 Å². The van der Waals surface area contributed by atoms with Gasteiger partial charge in [-0.2, -0.15) is 0 Å². The zero-order chi connectivity index (χ0) is 15.4. The van der Waals surface area contributed by atoms with Crippen molar-refractivity contribution in [2.24, 2.45) is 0 Å². The minimum atomic E-state index is 0.172. The SMILES string of the molecule is CC(C)c1ccc(CC(=O)Cc2ccc(Cl)c(Cl)c2)cc1. The molecule has 0 atom stereocenters. The highest BCUT2D eigenvalue weighted by molar-refractivity contribution is 6.42. The van der Waals surface area contributed by atoms with Crippen molar-refractivity contribution < 1.29 is 4.79 Å². The first-order valence-electron chi connectivity index (χ1n) is 7.00. The fraction of sp³-hybridized carbons (Fsp3) is 0.278. The van der Waals surface area contributed by atoms with E-state index in [0.717, 1.165) is 11.1 Å². The van der Waals surface area contributed by atoms with E-state index in [9.17, 15) is 4.79 Å². The zero-order valence-electron chi connectivity index (χ0n) is 12.2. The lowest BCUT2D eigenvalue weighted by molar-refractivity contribution is -0.117. The summed E-state index contributed by atoms with van der Waals surface area (Å²) >= 11 is 11.8. The van der Waals surface area contributed by atoms with E-state index in [4.69, 9.17) is 23.2 Å². The van der Waals surface area contributed by atoms with Crippen molar-refractivity contribution in [2.75, 3.05) is 0 Å². The molecule has 0 heterocycles. The third-order valence-electron chi connectivity index (χ3n) is 3.43. The van der Waals surface area contributed by atoms with Gasteiger partial charge in [0.2, 0.25) is 0 Å². The van der Waals surface area contributed by atoms with Crippen LogP contribution in [0, 0.1) is 0 Å². The lowest BCUT2D eigenvalue weighted by Gasteiger charge is -2.07. The smallest absolute Gasteiger partial charge is 0.141 e. The Morgan fingerprint density at radius 2 is 1.48 bits per heavy atom. The molecule has 3 heteroatoms. The molecule has 0 aliphatic carbocycles. The lowest BCUT2D eigenvalue weighted by Crippen LogP contribution is -2.06. The highest BCUT2D eigenvalue weighted by atomic mass is 35.5. The van der Waals surface area contributed by atoms with Gasteiger partial charge < -0.3 is 0 Å². The molecule has 110 valence electrons. The second-order valence-corrected chi connectivity index (χ2v) is 6.35. The third kappa shape index (κ3) is 4.59. The molecule has 0 unspecified atom stereocenters. The van der Waals surface area contributed by atoms with Gasteiger partial charge in [0.05, 0.1) is 10.0 Å². The zero-order valence-corrected chi connectivity index (χ0v) is 13.7. The first kappa shape index (κ1) is 16.1. The van der Waals surface area contributed by atoms with E-state index in [1.165, 1.54) is 5.56 Å². The number of Topliss-reactive ketones (excluding diaryl/α,β-unsaturated/α-hetero) is 1. The van der Waals surface area contributed by atoms with Gasteiger partial charge in [0.15, 0.2) is 0 Å². The summed E-state index contributed by atoms with van der Waals surface area (Å²) in [5.41, 5.74) is 3.23. The Kier molecular flexibility index (Phi) is 5.44. The number of halogens is 2. The average Bonchev–Trinajstić information content (AvgIpc) is 2.43. The number of rotatable bonds is 5. The first-order chi connectivity index (χ1) is 9.95. The summed E-state index contributed by atoms with van der Waals surface area (Å²) < 4.78 is 0. The van der Waals surface area contributed by atoms with Gasteiger partial charge in [-0.05, 0) is 34.7 Å². The van der Waals surface area contributed by atoms with Crippen LogP contribution in [0.15, 0.2) is 42.5 Å². The van der Waals surface area contributed by atoms with Crippen molar-refractivity contribution in [3.63, 3.8) is 0 Å². The number of carbonyl (C=O) groups excluding carboxylic acids is 1. The molecule has 0 amide bonds. The van der Waals surface area contributed by atoms with Crippen LogP contribution in [0.4, 0.5) is 0 Å². The Balaban J connectivity index is 1.99. The molecule has 1 nitrogen and oxygen atoms in total. The number of hydrogen-bond donors (Lipinski definition) is 0. The van der Waals surface area contributed by atoms with Gasteiger partial charge in [-0.25, -0.2) is 0 Å². The Morgan fingerprint density at radius 1 is 0.905 bits per heavy atom. The summed E-state index contributed by atoms with van der Waals surface area (Å²) in [5.74, 6) is 0.677. The van der Waals surface area contributed by atoms with Gasteiger partial charge in [0.1, 0.15) is 5.78 Å². The molecule has 0 N–H and O–H groups in total. The molecule has 0 bridgehead atoms. The molecule has 0 spiro atoms. The van der Waals surface area contributed by atoms with E-state index >= 15 is 0 Å². The maximum atomic E-state index is 12.1. The highest BCUT2D eigenvalue weighted by Gasteiger charge is 2.08. The number of carbonyl (C=O) groups is 1. The predicted molar refractivity (Wildman–Crippen MR) is 89.4 cm³/mol. The van der Waals surface area contributed by atoms with Crippen LogP contribution in [0.5, 0.6) is 0 Å². The number of hydrogen-bond acceptors (Lipinski definition) is 1. The van der Waals surface area contributed by atoms with E-state index < -0.39 is 0 Å². The summed E-state index contributed by atoms with van der Waals surface area (Å²) in [6, 6.07) is 13.6. The van der Waals surface area contributed by atoms with Crippen molar-refractivity contribution in [2.45, 2.75) is 32.6 Å². The van der Waals surface area contributed by atoms with Gasteiger partial charge >= 0.3 is 0 Å². The van der Waals surface area contributed by atoms with Gasteiger partial charge in [-0.15, -0.1) is 0 Å². The van der Waals surface area contributed by atoms with Gasteiger partial charge in [0.25, 0.3) is 0 Å². The summed E-state index contributed by atoms with van der Waals surface area (Å²) in [6.45, 7) is 4.31. The van der Waals surface area contributed by atoms with Crippen molar-refractivity contribution in [1.82, 2.24) is 0 Å². The van der Waals surface area contributed by atoms with Crippen LogP contribution in [0.1, 0.15) is 36.5 Å². The Hall–Kier alpha value is -1.31. The largest absolute Gasteiger partial charge is 0.299 e. The second kappa shape index (κ2) is 7.11. The summed E-state index contributed by atoms with van der Waals surface area (Å²) in [5, 5.41) is 1.00. The minimum absolute atomic E-state index is 0.172. The Bertz CT molecular complexity index is 630. The van der Waals surface area contributed by atoms with E-state index in [-0.39, 0.29) is 5.78 Å². The Morgan fingerprint density at radius 3 is 2.05 bits per heavy atom. The minimum Gasteiger partial charge on any atom is -0.299 e. The van der Waals surface area contributed by atoms with Crippen LogP contribution < -0.4 is 0 Å².